The molecule has 488 valence electrons. The molecule has 4 bridgehead atoms. The largest absolute Gasteiger partial charge is 0.495 e. The molecule has 21 nitrogen and oxygen atoms in total. The number of unbranched alkanes of at least 4 members (excludes halogenated alkanes) is 2. The van der Waals surface area contributed by atoms with Gasteiger partial charge in [0.15, 0.2) is 5.78 Å². The number of ether oxygens (including phenoxy) is 5. The number of fused-ring (bicyclic) bond motifs is 5. The lowest BCUT2D eigenvalue weighted by Gasteiger charge is -2.41. The fourth-order valence-electron chi connectivity index (χ4n) is 11.8. The number of halogens is 3. The number of benzene rings is 2. The molecular formula is C64H85ClF2N6O15S. The van der Waals surface area contributed by atoms with Crippen molar-refractivity contribution >= 4 is 87.7 Å². The number of Topliss-reactive ketones (excluding diaryl/α,β-unsaturated/α-hetero) is 1. The Morgan fingerprint density at radius 2 is 1.70 bits per heavy atom. The number of thiocarbonyl (C=S) groups is 1. The van der Waals surface area contributed by atoms with Crippen molar-refractivity contribution < 1.29 is 80.7 Å². The summed E-state index contributed by atoms with van der Waals surface area (Å²) in [5.74, 6) is -9.10. The van der Waals surface area contributed by atoms with Crippen LogP contribution in [0.1, 0.15) is 141 Å². The molecule has 5 N–H and O–H groups in total. The number of amides is 7. The highest BCUT2D eigenvalue weighted by molar-refractivity contribution is 7.80. The Morgan fingerprint density at radius 3 is 2.34 bits per heavy atom. The van der Waals surface area contributed by atoms with E-state index in [1.807, 2.05) is 26.8 Å². The number of epoxide rings is 1. The number of hydrogen-bond acceptors (Lipinski definition) is 16. The van der Waals surface area contributed by atoms with E-state index in [9.17, 15) is 48.3 Å². The van der Waals surface area contributed by atoms with Gasteiger partial charge in [-0.25, -0.2) is 18.4 Å². The van der Waals surface area contributed by atoms with E-state index in [1.165, 1.54) is 38.0 Å². The van der Waals surface area contributed by atoms with Crippen LogP contribution in [0.3, 0.4) is 0 Å². The molecular weight excluding hydrogens is 1200 g/mol. The Balaban J connectivity index is 1.17. The van der Waals surface area contributed by atoms with Gasteiger partial charge in [-0.05, 0) is 112 Å². The van der Waals surface area contributed by atoms with Gasteiger partial charge < -0.3 is 55.0 Å². The number of urea groups is 1. The zero-order valence-corrected chi connectivity index (χ0v) is 54.1. The van der Waals surface area contributed by atoms with E-state index in [0.29, 0.717) is 61.2 Å². The average Bonchev–Trinajstić information content (AvgIpc) is 1.60. The predicted octanol–water partition coefficient (Wildman–Crippen LogP) is 7.39. The second-order valence-corrected chi connectivity index (χ2v) is 25.5. The molecule has 2 aromatic carbocycles. The van der Waals surface area contributed by atoms with Crippen molar-refractivity contribution in [3.05, 3.63) is 81.4 Å². The van der Waals surface area contributed by atoms with Gasteiger partial charge in [-0.1, -0.05) is 81.7 Å². The van der Waals surface area contributed by atoms with Crippen molar-refractivity contribution in [2.45, 2.75) is 180 Å². The van der Waals surface area contributed by atoms with Gasteiger partial charge in [0, 0.05) is 71.3 Å². The van der Waals surface area contributed by atoms with Gasteiger partial charge in [0.25, 0.3) is 5.91 Å². The molecule has 4 aliphatic heterocycles. The van der Waals surface area contributed by atoms with Crippen LogP contribution in [-0.4, -0.2) is 162 Å². The third-order valence-electron chi connectivity index (χ3n) is 17.5. The number of ketones is 1. The van der Waals surface area contributed by atoms with Crippen molar-refractivity contribution in [3.8, 4) is 5.75 Å². The summed E-state index contributed by atoms with van der Waals surface area (Å²) < 4.78 is 62.0. The van der Waals surface area contributed by atoms with Crippen LogP contribution < -0.4 is 26.0 Å². The second kappa shape index (κ2) is 30.9. The Morgan fingerprint density at radius 1 is 0.989 bits per heavy atom. The summed E-state index contributed by atoms with van der Waals surface area (Å²) >= 11 is 12.5. The predicted molar refractivity (Wildman–Crippen MR) is 330 cm³/mol. The van der Waals surface area contributed by atoms with Crippen molar-refractivity contribution in [3.63, 3.8) is 0 Å². The number of aliphatic hydroxyl groups is 1. The van der Waals surface area contributed by atoms with Crippen molar-refractivity contribution in [2.24, 2.45) is 29.4 Å². The first-order valence-corrected chi connectivity index (χ1v) is 30.9. The van der Waals surface area contributed by atoms with Crippen LogP contribution in [0.4, 0.5) is 19.3 Å². The molecule has 0 radical (unpaired) electrons. The minimum Gasteiger partial charge on any atom is -0.495 e. The van der Waals surface area contributed by atoms with E-state index >= 15 is 8.78 Å². The summed E-state index contributed by atoms with van der Waals surface area (Å²) in [6.45, 7) is 12.2. The van der Waals surface area contributed by atoms with Gasteiger partial charge in [0.2, 0.25) is 23.6 Å². The van der Waals surface area contributed by atoms with Gasteiger partial charge in [0.05, 0.1) is 43.3 Å². The SMILES string of the molecule is COc1cc2cc(c1Cl)N(C)C(=O)C[C@H](OC(=O)[C@H](C)N(C)C(=O)c1cc(F)c(CC(=O)[C@H](CCCNC(N)=O)NC(=O)[C@@H](CC(=S)CCCCCN3C(=O)CC(C)C3=O)C(C)C)cc1F)[C@]1(C)O[C@H]1[C@H](C)[C@@H]1C[C@@](O)(CC(=O)O1)[C@H](OC)/C=C/C=C(\C)C2. The number of esters is 2. The summed E-state index contributed by atoms with van der Waals surface area (Å²) in [5.41, 5.74) is 2.70. The lowest BCUT2D eigenvalue weighted by molar-refractivity contribution is -0.187. The minimum atomic E-state index is -1.71. The first-order valence-electron chi connectivity index (χ1n) is 30.1. The summed E-state index contributed by atoms with van der Waals surface area (Å²) in [7, 11) is 5.49. The fraction of sp³-hybridized carbons (Fsp3) is 0.594. The highest BCUT2D eigenvalue weighted by Crippen LogP contribution is 2.50. The topological polar surface area (TPSA) is 283 Å². The number of anilines is 1. The third-order valence-corrected chi connectivity index (χ3v) is 18.3. The molecule has 11 atom stereocenters. The highest BCUT2D eigenvalue weighted by atomic mass is 35.5. The summed E-state index contributed by atoms with van der Waals surface area (Å²) in [4.78, 5) is 124. The number of nitrogens with two attached hydrogens (primary N) is 1. The van der Waals surface area contributed by atoms with Crippen molar-refractivity contribution in [2.75, 3.05) is 46.3 Å². The van der Waals surface area contributed by atoms with Gasteiger partial charge >= 0.3 is 18.0 Å². The molecule has 3 saturated heterocycles. The number of methoxy groups -OCH3 is 2. The monoisotopic (exact) mass is 1280 g/mol. The number of allylic oxidation sites excluding steroid dienone is 3. The zero-order valence-electron chi connectivity index (χ0n) is 52.5. The number of nitrogens with one attached hydrogen (secondary N) is 2. The summed E-state index contributed by atoms with van der Waals surface area (Å²) in [5, 5.41) is 17.3. The van der Waals surface area contributed by atoms with Gasteiger partial charge in [-0.3, -0.25) is 38.5 Å². The fourth-order valence-corrected chi connectivity index (χ4v) is 12.4. The number of nitrogens with zero attached hydrogens (tertiary/aromatic N) is 3. The maximum Gasteiger partial charge on any atom is 0.328 e. The normalized spacial score (nSPS) is 25.8. The quantitative estimate of drug-likeness (QED) is 0.0262. The van der Waals surface area contributed by atoms with E-state index in [4.69, 9.17) is 53.2 Å². The van der Waals surface area contributed by atoms with Crippen LogP contribution >= 0.6 is 23.8 Å². The smallest absolute Gasteiger partial charge is 0.328 e. The Bertz CT molecular complexity index is 3110. The first-order chi connectivity index (χ1) is 41.8. The lowest BCUT2D eigenvalue weighted by atomic mass is 9.78. The molecule has 4 aliphatic rings. The molecule has 25 heteroatoms. The number of hydrogen-bond donors (Lipinski definition) is 4. The number of carbonyl (C=O) groups excluding carboxylic acids is 9. The maximum absolute atomic E-state index is 16.2. The van der Waals surface area contributed by atoms with Crippen molar-refractivity contribution in [1.82, 2.24) is 20.4 Å². The van der Waals surface area contributed by atoms with E-state index in [1.54, 1.807) is 45.1 Å². The Kier molecular flexibility index (Phi) is 24.7. The van der Waals surface area contributed by atoms with Gasteiger partial charge in [-0.15, -0.1) is 0 Å². The minimum absolute atomic E-state index is 0.0280. The second-order valence-electron chi connectivity index (χ2n) is 24.6. The summed E-state index contributed by atoms with van der Waals surface area (Å²) in [6.07, 6.45) is 2.75. The molecule has 6 rings (SSSR count). The molecule has 3 fully saturated rings. The van der Waals surface area contributed by atoms with Crippen LogP contribution in [0.2, 0.25) is 5.02 Å². The Hall–Kier alpha value is -6.73. The molecule has 2 aromatic rings. The molecule has 1 unspecified atom stereocenters. The van der Waals surface area contributed by atoms with Crippen LogP contribution in [0.5, 0.6) is 5.75 Å². The number of likely N-dealkylation sites (tertiary alicyclic amines) is 1. The van der Waals surface area contributed by atoms with E-state index in [2.05, 4.69) is 10.6 Å². The zero-order chi connectivity index (χ0) is 66.0. The molecule has 4 heterocycles. The lowest BCUT2D eigenvalue weighted by Crippen LogP contribution is -2.53. The highest BCUT2D eigenvalue weighted by Gasteiger charge is 2.64. The molecule has 0 spiro atoms. The van der Waals surface area contributed by atoms with Gasteiger partial charge in [0.1, 0.15) is 58.0 Å². The average molecular weight is 1280 g/mol. The number of likely N-dealkylation sites (N-methyl/N-ethyl adjacent to an activating group) is 1. The molecule has 0 aromatic heterocycles. The third kappa shape index (κ3) is 17.8. The van der Waals surface area contributed by atoms with Crippen LogP contribution in [0.25, 0.3) is 0 Å². The maximum atomic E-state index is 16.2. The van der Waals surface area contributed by atoms with Crippen LogP contribution in [-0.2, 0) is 65.4 Å². The summed E-state index contributed by atoms with van der Waals surface area (Å²) in [6, 6.07) is 1.16. The van der Waals surface area contributed by atoms with Crippen LogP contribution in [0.15, 0.2) is 48.1 Å². The number of imide groups is 1. The number of primary amides is 1. The number of carbonyl (C=O) groups is 9. The van der Waals surface area contributed by atoms with Crippen molar-refractivity contribution in [1.29, 1.82) is 0 Å². The first kappa shape index (κ1) is 71.3. The van der Waals surface area contributed by atoms with E-state index < -0.39 is 137 Å². The van der Waals surface area contributed by atoms with Gasteiger partial charge in [-0.2, -0.15) is 0 Å². The molecule has 89 heavy (non-hydrogen) atoms. The number of rotatable bonds is 24. The Labute approximate surface area is 529 Å². The van der Waals surface area contributed by atoms with E-state index in [0.717, 1.165) is 17.5 Å². The standard InChI is InChI=1S/C64H85ClF2N6O15S/c1-34(2)42(29-41(89)18-13-12-14-22-73-54(76)24-36(4)59(73)79)58(78)70-46(19-16-21-69-62(68)82)48(74)28-40-27-45(67)43(30-44(40)66)60(80)71(8)38(6)61(81)87-52-31-53(75)72(9)47-25-39(26-49(84-10)56(47)65)23-35(3)17-15-20-51(85-11)64(83)32-50(86-55(77)33-64)37(5)57-63(52,7)88-57/h15,17,20,25-27,30,34,36-38,42,46,50-52,57,83H,12-14,16,18-19,21-24,28-29,31-33H2,1-11H3,(H,70,78)(H3,68,69,82)/b20-15+,35-17+/t36?,37-,38+,42+,46+,50+,51-,52+,57+,63+,64-/m1/s1. The van der Waals surface area contributed by atoms with Crippen LogP contribution in [0, 0.1) is 35.3 Å². The molecule has 7 amide bonds. The molecule has 0 saturated carbocycles. The molecule has 0 aliphatic carbocycles. The van der Waals surface area contributed by atoms with E-state index in [-0.39, 0.29) is 85.2 Å².